The number of methoxy groups -OCH3 is 1. The summed E-state index contributed by atoms with van der Waals surface area (Å²) in [6.45, 7) is 6.22. The summed E-state index contributed by atoms with van der Waals surface area (Å²) in [5.74, 6) is -1.13. The third-order valence-corrected chi connectivity index (χ3v) is 3.46. The number of ether oxygens (including phenoxy) is 2. The fourth-order valence-corrected chi connectivity index (χ4v) is 2.42. The van der Waals surface area contributed by atoms with Crippen LogP contribution in [0.5, 0.6) is 0 Å². The standard InChI is InChI=1S/C16H20N2O4/c1-10-5-4-6-12(9-10)14-13(11(2)17-16(20)18-14)15(19)22-8-7-21-3/h4-6,9,13-14H,2,7-8H2,1,3H3,(H2,17,18,20)/t13-,14-/m1/s1. The van der Waals surface area contributed by atoms with E-state index >= 15 is 0 Å². The number of hydrogen-bond donors (Lipinski definition) is 2. The van der Waals surface area contributed by atoms with E-state index in [0.717, 1.165) is 11.1 Å². The molecule has 2 amide bonds. The summed E-state index contributed by atoms with van der Waals surface area (Å²) in [7, 11) is 1.53. The summed E-state index contributed by atoms with van der Waals surface area (Å²) < 4.78 is 10.1. The van der Waals surface area contributed by atoms with Gasteiger partial charge in [0.2, 0.25) is 0 Å². The molecule has 2 N–H and O–H groups in total. The number of carbonyl (C=O) groups is 2. The number of hydrogen-bond acceptors (Lipinski definition) is 4. The summed E-state index contributed by atoms with van der Waals surface area (Å²) in [6.07, 6.45) is 0. The van der Waals surface area contributed by atoms with Crippen molar-refractivity contribution in [3.63, 3.8) is 0 Å². The first-order valence-electron chi connectivity index (χ1n) is 7.01. The molecule has 1 aliphatic rings. The highest BCUT2D eigenvalue weighted by Crippen LogP contribution is 2.30. The second-order valence-electron chi connectivity index (χ2n) is 5.15. The van der Waals surface area contributed by atoms with Crippen LogP contribution >= 0.6 is 0 Å². The Morgan fingerprint density at radius 2 is 2.14 bits per heavy atom. The van der Waals surface area contributed by atoms with Crippen LogP contribution in [-0.4, -0.2) is 32.3 Å². The van der Waals surface area contributed by atoms with Crippen LogP contribution in [0.3, 0.4) is 0 Å². The molecule has 0 bridgehead atoms. The van der Waals surface area contributed by atoms with E-state index in [9.17, 15) is 9.59 Å². The van der Waals surface area contributed by atoms with E-state index in [0.29, 0.717) is 12.3 Å². The molecule has 0 radical (unpaired) electrons. The normalized spacial score (nSPS) is 21.0. The smallest absolute Gasteiger partial charge is 0.319 e. The second kappa shape index (κ2) is 7.09. The quantitative estimate of drug-likeness (QED) is 0.641. The molecule has 0 saturated carbocycles. The molecule has 1 aliphatic heterocycles. The zero-order valence-electron chi connectivity index (χ0n) is 12.7. The predicted octanol–water partition coefficient (Wildman–Crippen LogP) is 1.67. The van der Waals surface area contributed by atoms with Gasteiger partial charge >= 0.3 is 12.0 Å². The number of amides is 2. The minimum Gasteiger partial charge on any atom is -0.463 e. The molecule has 1 heterocycles. The van der Waals surface area contributed by atoms with Crippen molar-refractivity contribution in [2.75, 3.05) is 20.3 Å². The Morgan fingerprint density at radius 1 is 1.36 bits per heavy atom. The molecule has 118 valence electrons. The van der Waals surface area contributed by atoms with Gasteiger partial charge in [0.15, 0.2) is 0 Å². The molecule has 1 saturated heterocycles. The lowest BCUT2D eigenvalue weighted by Crippen LogP contribution is -2.51. The second-order valence-corrected chi connectivity index (χ2v) is 5.15. The van der Waals surface area contributed by atoms with Crippen LogP contribution < -0.4 is 10.6 Å². The van der Waals surface area contributed by atoms with Crippen molar-refractivity contribution < 1.29 is 19.1 Å². The van der Waals surface area contributed by atoms with Crippen LogP contribution in [0.2, 0.25) is 0 Å². The Balaban J connectivity index is 2.24. The van der Waals surface area contributed by atoms with Gasteiger partial charge in [-0.1, -0.05) is 36.4 Å². The minimum atomic E-state index is -0.684. The molecular weight excluding hydrogens is 284 g/mol. The van der Waals surface area contributed by atoms with Gasteiger partial charge in [0.25, 0.3) is 0 Å². The molecule has 6 nitrogen and oxygen atoms in total. The van der Waals surface area contributed by atoms with Gasteiger partial charge < -0.3 is 20.1 Å². The first kappa shape index (κ1) is 16.0. The number of aryl methyl sites for hydroxylation is 1. The summed E-state index contributed by atoms with van der Waals surface area (Å²) in [5.41, 5.74) is 2.21. The van der Waals surface area contributed by atoms with Crippen molar-refractivity contribution in [2.24, 2.45) is 5.92 Å². The van der Waals surface area contributed by atoms with Crippen molar-refractivity contribution in [3.05, 3.63) is 47.7 Å². The summed E-state index contributed by atoms with van der Waals surface area (Å²) in [5, 5.41) is 5.31. The lowest BCUT2D eigenvalue weighted by atomic mass is 9.88. The predicted molar refractivity (Wildman–Crippen MR) is 81.1 cm³/mol. The Bertz CT molecular complexity index is 585. The van der Waals surface area contributed by atoms with E-state index in [2.05, 4.69) is 17.2 Å². The topological polar surface area (TPSA) is 76.7 Å². The van der Waals surface area contributed by atoms with Crippen molar-refractivity contribution >= 4 is 12.0 Å². The van der Waals surface area contributed by atoms with Crippen LogP contribution in [0.4, 0.5) is 4.79 Å². The van der Waals surface area contributed by atoms with Crippen LogP contribution in [-0.2, 0) is 14.3 Å². The fourth-order valence-electron chi connectivity index (χ4n) is 2.42. The fraction of sp³-hybridized carbons (Fsp3) is 0.375. The number of rotatable bonds is 5. The van der Waals surface area contributed by atoms with Gasteiger partial charge in [-0.3, -0.25) is 4.79 Å². The van der Waals surface area contributed by atoms with Gasteiger partial charge in [-0.2, -0.15) is 0 Å². The maximum atomic E-state index is 12.3. The van der Waals surface area contributed by atoms with Gasteiger partial charge in [0.1, 0.15) is 12.5 Å². The van der Waals surface area contributed by atoms with E-state index in [1.54, 1.807) is 0 Å². The van der Waals surface area contributed by atoms with Gasteiger partial charge in [0.05, 0.1) is 12.6 Å². The number of urea groups is 1. The van der Waals surface area contributed by atoms with Crippen molar-refractivity contribution in [1.82, 2.24) is 10.6 Å². The van der Waals surface area contributed by atoms with Crippen LogP contribution in [0.25, 0.3) is 0 Å². The van der Waals surface area contributed by atoms with Gasteiger partial charge in [-0.15, -0.1) is 0 Å². The van der Waals surface area contributed by atoms with Crippen molar-refractivity contribution in [2.45, 2.75) is 13.0 Å². The zero-order valence-corrected chi connectivity index (χ0v) is 12.7. The molecule has 6 heteroatoms. The van der Waals surface area contributed by atoms with Crippen molar-refractivity contribution in [1.29, 1.82) is 0 Å². The molecule has 22 heavy (non-hydrogen) atoms. The first-order valence-corrected chi connectivity index (χ1v) is 7.01. The number of esters is 1. The zero-order chi connectivity index (χ0) is 16.1. The molecule has 1 aromatic rings. The maximum Gasteiger partial charge on any atom is 0.319 e. The Hall–Kier alpha value is -2.34. The number of carbonyl (C=O) groups excluding carboxylic acids is 2. The minimum absolute atomic E-state index is 0.160. The SMILES string of the molecule is C=C1NC(=O)N[C@H](c2cccc(C)c2)[C@@H]1C(=O)OCCOC. The van der Waals surface area contributed by atoms with Crippen LogP contribution in [0.15, 0.2) is 36.5 Å². The summed E-state index contributed by atoms with van der Waals surface area (Å²) in [4.78, 5) is 24.0. The lowest BCUT2D eigenvalue weighted by molar-refractivity contribution is -0.149. The molecule has 2 atom stereocenters. The number of nitrogens with one attached hydrogen (secondary N) is 2. The third-order valence-electron chi connectivity index (χ3n) is 3.46. The Kier molecular flexibility index (Phi) is 5.16. The van der Waals surface area contributed by atoms with E-state index in [4.69, 9.17) is 9.47 Å². The van der Waals surface area contributed by atoms with E-state index < -0.39 is 17.9 Å². The van der Waals surface area contributed by atoms with Crippen LogP contribution in [0, 0.1) is 12.8 Å². The summed E-state index contributed by atoms with van der Waals surface area (Å²) >= 11 is 0. The maximum absolute atomic E-state index is 12.3. The monoisotopic (exact) mass is 304 g/mol. The molecule has 0 aromatic heterocycles. The molecule has 0 spiro atoms. The van der Waals surface area contributed by atoms with E-state index in [-0.39, 0.29) is 12.6 Å². The van der Waals surface area contributed by atoms with E-state index in [1.165, 1.54) is 7.11 Å². The van der Waals surface area contributed by atoms with Gasteiger partial charge in [-0.25, -0.2) is 4.79 Å². The molecule has 2 rings (SSSR count). The first-order chi connectivity index (χ1) is 10.5. The highest BCUT2D eigenvalue weighted by Gasteiger charge is 2.38. The highest BCUT2D eigenvalue weighted by atomic mass is 16.6. The van der Waals surface area contributed by atoms with Gasteiger partial charge in [0, 0.05) is 12.8 Å². The largest absolute Gasteiger partial charge is 0.463 e. The Labute approximate surface area is 129 Å². The highest BCUT2D eigenvalue weighted by molar-refractivity contribution is 5.85. The van der Waals surface area contributed by atoms with Crippen molar-refractivity contribution in [3.8, 4) is 0 Å². The molecule has 0 aliphatic carbocycles. The average Bonchev–Trinajstić information content (AvgIpc) is 2.46. The van der Waals surface area contributed by atoms with E-state index in [1.807, 2.05) is 31.2 Å². The average molecular weight is 304 g/mol. The lowest BCUT2D eigenvalue weighted by Gasteiger charge is -2.33. The molecule has 0 unspecified atom stereocenters. The summed E-state index contributed by atoms with van der Waals surface area (Å²) in [6, 6.07) is 6.75. The Morgan fingerprint density at radius 3 is 2.82 bits per heavy atom. The number of benzene rings is 1. The van der Waals surface area contributed by atoms with Gasteiger partial charge in [-0.05, 0) is 12.5 Å². The third kappa shape index (κ3) is 3.65. The molecule has 1 fully saturated rings. The molecule has 1 aromatic carbocycles. The van der Waals surface area contributed by atoms with Crippen LogP contribution in [0.1, 0.15) is 17.2 Å². The molecular formula is C16H20N2O4.